The molecule has 0 radical (unpaired) electrons. The zero-order valence-electron chi connectivity index (χ0n) is 11.7. The maximum absolute atomic E-state index is 4.21. The predicted octanol–water partition coefficient (Wildman–Crippen LogP) is 2.41. The van der Waals surface area contributed by atoms with Crippen LogP contribution in [0.2, 0.25) is 0 Å². The van der Waals surface area contributed by atoms with Gasteiger partial charge in [0.25, 0.3) is 0 Å². The number of aromatic nitrogens is 2. The number of fused-ring (bicyclic) bond motifs is 1. The fourth-order valence-electron chi connectivity index (χ4n) is 3.05. The Kier molecular flexibility index (Phi) is 3.38. The molecule has 3 rings (SSSR count). The Hall–Kier alpha value is -1.61. The molecule has 0 amide bonds. The van der Waals surface area contributed by atoms with Crippen LogP contribution in [0.5, 0.6) is 0 Å². The Balaban J connectivity index is 1.81. The molecule has 1 N–H and O–H groups in total. The summed E-state index contributed by atoms with van der Waals surface area (Å²) in [6.07, 6.45) is 8.65. The van der Waals surface area contributed by atoms with Crippen LogP contribution < -0.4 is 5.32 Å². The maximum Gasteiger partial charge on any atom is 0.0946 e. The first-order valence-electron chi connectivity index (χ1n) is 7.02. The molecule has 3 nitrogen and oxygen atoms in total. The number of hydrogen-bond acceptors (Lipinski definition) is 2. The molecule has 1 aromatic carbocycles. The van der Waals surface area contributed by atoms with Gasteiger partial charge in [-0.25, -0.2) is 4.98 Å². The molecule has 0 fully saturated rings. The van der Waals surface area contributed by atoms with Crippen LogP contribution in [0.1, 0.15) is 34.8 Å². The lowest BCUT2D eigenvalue weighted by molar-refractivity contribution is 0.555. The van der Waals surface area contributed by atoms with Crippen molar-refractivity contribution in [2.45, 2.75) is 31.7 Å². The highest BCUT2D eigenvalue weighted by atomic mass is 15.1. The normalized spacial score (nSPS) is 15.5. The summed E-state index contributed by atoms with van der Waals surface area (Å²) in [5.41, 5.74) is 5.76. The minimum atomic E-state index is 0.326. The van der Waals surface area contributed by atoms with E-state index in [1.54, 1.807) is 11.1 Å². The van der Waals surface area contributed by atoms with Crippen molar-refractivity contribution in [1.29, 1.82) is 0 Å². The molecule has 100 valence electrons. The monoisotopic (exact) mass is 255 g/mol. The van der Waals surface area contributed by atoms with E-state index in [1.807, 2.05) is 19.6 Å². The highest BCUT2D eigenvalue weighted by molar-refractivity contribution is 5.36. The quantitative estimate of drug-likeness (QED) is 0.909. The van der Waals surface area contributed by atoms with Gasteiger partial charge in [-0.2, -0.15) is 0 Å². The highest BCUT2D eigenvalue weighted by Crippen LogP contribution is 2.25. The van der Waals surface area contributed by atoms with Crippen molar-refractivity contribution < 1.29 is 0 Å². The molecule has 0 saturated heterocycles. The molecule has 3 heteroatoms. The standard InChI is InChI=1S/C16H21N3/c1-17-15(16-10-18-11-19(16)2)9-12-6-7-13-4-3-5-14(13)8-12/h6-8,10-11,15,17H,3-5,9H2,1-2H3. The zero-order chi connectivity index (χ0) is 13.2. The molecular formula is C16H21N3. The molecule has 1 aliphatic carbocycles. The zero-order valence-corrected chi connectivity index (χ0v) is 11.7. The summed E-state index contributed by atoms with van der Waals surface area (Å²) in [7, 11) is 4.07. The van der Waals surface area contributed by atoms with Gasteiger partial charge in [0.1, 0.15) is 0 Å². The minimum Gasteiger partial charge on any atom is -0.336 e. The third kappa shape index (κ3) is 2.43. The summed E-state index contributed by atoms with van der Waals surface area (Å²) in [6, 6.07) is 7.31. The van der Waals surface area contributed by atoms with E-state index in [1.165, 1.54) is 30.5 Å². The molecule has 0 aliphatic heterocycles. The fraction of sp³-hybridized carbons (Fsp3) is 0.438. The topological polar surface area (TPSA) is 29.9 Å². The van der Waals surface area contributed by atoms with Crippen LogP contribution in [0.25, 0.3) is 0 Å². The van der Waals surface area contributed by atoms with E-state index in [0.29, 0.717) is 6.04 Å². The number of nitrogens with one attached hydrogen (secondary N) is 1. The summed E-state index contributed by atoms with van der Waals surface area (Å²) in [5.74, 6) is 0. The third-order valence-corrected chi connectivity index (χ3v) is 4.16. The average molecular weight is 255 g/mol. The van der Waals surface area contributed by atoms with Crippen molar-refractivity contribution in [1.82, 2.24) is 14.9 Å². The molecule has 0 spiro atoms. The average Bonchev–Trinajstić information content (AvgIpc) is 3.04. The number of benzene rings is 1. The number of likely N-dealkylation sites (N-methyl/N-ethyl adjacent to an activating group) is 1. The molecule has 1 unspecified atom stereocenters. The number of nitrogens with zero attached hydrogens (tertiary/aromatic N) is 2. The van der Waals surface area contributed by atoms with Gasteiger partial charge in [0.15, 0.2) is 0 Å². The number of aryl methyl sites for hydroxylation is 3. The molecule has 2 aromatic rings. The number of imidazole rings is 1. The van der Waals surface area contributed by atoms with Gasteiger partial charge in [-0.15, -0.1) is 0 Å². The predicted molar refractivity (Wildman–Crippen MR) is 77.2 cm³/mol. The van der Waals surface area contributed by atoms with Crippen molar-refractivity contribution >= 4 is 0 Å². The molecule has 0 bridgehead atoms. The number of rotatable bonds is 4. The van der Waals surface area contributed by atoms with Crippen molar-refractivity contribution in [2.24, 2.45) is 7.05 Å². The second kappa shape index (κ2) is 5.17. The molecular weight excluding hydrogens is 234 g/mol. The molecule has 1 aliphatic rings. The van der Waals surface area contributed by atoms with Crippen molar-refractivity contribution in [2.75, 3.05) is 7.05 Å². The van der Waals surface area contributed by atoms with Crippen LogP contribution >= 0.6 is 0 Å². The van der Waals surface area contributed by atoms with E-state index >= 15 is 0 Å². The van der Waals surface area contributed by atoms with Crippen LogP contribution in [-0.4, -0.2) is 16.6 Å². The Morgan fingerprint density at radius 3 is 2.89 bits per heavy atom. The maximum atomic E-state index is 4.21. The van der Waals surface area contributed by atoms with Crippen LogP contribution in [0.4, 0.5) is 0 Å². The summed E-state index contributed by atoms with van der Waals surface area (Å²) in [5, 5.41) is 3.40. The molecule has 19 heavy (non-hydrogen) atoms. The van der Waals surface area contributed by atoms with E-state index in [-0.39, 0.29) is 0 Å². The van der Waals surface area contributed by atoms with E-state index in [9.17, 15) is 0 Å². The molecule has 1 aromatic heterocycles. The number of hydrogen-bond donors (Lipinski definition) is 1. The minimum absolute atomic E-state index is 0.326. The summed E-state index contributed by atoms with van der Waals surface area (Å²) in [6.45, 7) is 0. The van der Waals surface area contributed by atoms with E-state index in [4.69, 9.17) is 0 Å². The summed E-state index contributed by atoms with van der Waals surface area (Å²) < 4.78 is 2.09. The van der Waals surface area contributed by atoms with E-state index in [2.05, 4.69) is 40.1 Å². The first kappa shape index (κ1) is 12.4. The van der Waals surface area contributed by atoms with Crippen LogP contribution in [0.15, 0.2) is 30.7 Å². The molecule has 1 atom stereocenters. The Labute approximate surface area is 114 Å². The van der Waals surface area contributed by atoms with Crippen molar-refractivity contribution in [3.8, 4) is 0 Å². The Bertz CT molecular complexity index is 571. The first-order valence-corrected chi connectivity index (χ1v) is 7.02. The van der Waals surface area contributed by atoms with Gasteiger partial charge in [-0.05, 0) is 49.4 Å². The van der Waals surface area contributed by atoms with Gasteiger partial charge in [-0.1, -0.05) is 18.2 Å². The summed E-state index contributed by atoms with van der Waals surface area (Å²) in [4.78, 5) is 4.21. The lowest BCUT2D eigenvalue weighted by Crippen LogP contribution is -2.21. The Morgan fingerprint density at radius 2 is 2.16 bits per heavy atom. The molecule has 0 saturated carbocycles. The highest BCUT2D eigenvalue weighted by Gasteiger charge is 2.16. The molecule has 1 heterocycles. The van der Waals surface area contributed by atoms with Crippen molar-refractivity contribution in [3.63, 3.8) is 0 Å². The van der Waals surface area contributed by atoms with Gasteiger partial charge in [0, 0.05) is 13.2 Å². The van der Waals surface area contributed by atoms with E-state index in [0.717, 1.165) is 6.42 Å². The van der Waals surface area contributed by atoms with Gasteiger partial charge >= 0.3 is 0 Å². The van der Waals surface area contributed by atoms with Crippen LogP contribution in [-0.2, 0) is 26.3 Å². The second-order valence-corrected chi connectivity index (χ2v) is 5.43. The lowest BCUT2D eigenvalue weighted by atomic mass is 9.99. The van der Waals surface area contributed by atoms with Crippen LogP contribution in [0, 0.1) is 0 Å². The SMILES string of the molecule is CNC(Cc1ccc2c(c1)CCC2)c1cncn1C. The largest absolute Gasteiger partial charge is 0.336 e. The summed E-state index contributed by atoms with van der Waals surface area (Å²) >= 11 is 0. The van der Waals surface area contributed by atoms with Crippen LogP contribution in [0.3, 0.4) is 0 Å². The third-order valence-electron chi connectivity index (χ3n) is 4.16. The van der Waals surface area contributed by atoms with E-state index < -0.39 is 0 Å². The lowest BCUT2D eigenvalue weighted by Gasteiger charge is -2.17. The van der Waals surface area contributed by atoms with Gasteiger partial charge in [0.05, 0.1) is 18.1 Å². The van der Waals surface area contributed by atoms with Gasteiger partial charge in [-0.3, -0.25) is 0 Å². The smallest absolute Gasteiger partial charge is 0.0946 e. The van der Waals surface area contributed by atoms with Crippen molar-refractivity contribution in [3.05, 3.63) is 53.1 Å². The first-order chi connectivity index (χ1) is 9.28. The second-order valence-electron chi connectivity index (χ2n) is 5.43. The fourth-order valence-corrected chi connectivity index (χ4v) is 3.05. The Morgan fingerprint density at radius 1 is 1.32 bits per heavy atom. The van der Waals surface area contributed by atoms with Gasteiger partial charge < -0.3 is 9.88 Å². The van der Waals surface area contributed by atoms with Gasteiger partial charge in [0.2, 0.25) is 0 Å².